The summed E-state index contributed by atoms with van der Waals surface area (Å²) in [6.45, 7) is -0.233. The van der Waals surface area contributed by atoms with E-state index in [-0.39, 0.29) is 24.5 Å². The van der Waals surface area contributed by atoms with Crippen molar-refractivity contribution >= 4 is 10.4 Å². The molecule has 0 atom stereocenters. The standard InChI is InChI=1S/C8H10O6S/c9-7-2-1-6(5-8(7)10)3-4-14-15(11,12)13/h1-2,5,9-10H,3-4H2,(H,11,12,13). The first kappa shape index (κ1) is 11.8. The third kappa shape index (κ3) is 4.15. The minimum absolute atomic E-state index is 0.188. The molecular formula is C8H10O6S. The van der Waals surface area contributed by atoms with Crippen LogP contribution in [-0.2, 0) is 21.0 Å². The van der Waals surface area contributed by atoms with E-state index in [4.69, 9.17) is 14.8 Å². The Morgan fingerprint density at radius 1 is 1.20 bits per heavy atom. The summed E-state index contributed by atoms with van der Waals surface area (Å²) in [6.07, 6.45) is 0.188. The molecule has 0 aliphatic carbocycles. The summed E-state index contributed by atoms with van der Waals surface area (Å²) >= 11 is 0. The normalized spacial score (nSPS) is 11.5. The van der Waals surface area contributed by atoms with Gasteiger partial charge in [-0.25, -0.2) is 4.18 Å². The van der Waals surface area contributed by atoms with Crippen LogP contribution < -0.4 is 0 Å². The van der Waals surface area contributed by atoms with Crippen molar-refractivity contribution in [2.75, 3.05) is 6.61 Å². The molecule has 0 heterocycles. The number of benzene rings is 1. The van der Waals surface area contributed by atoms with Crippen LogP contribution in [0.15, 0.2) is 18.2 Å². The minimum Gasteiger partial charge on any atom is -0.504 e. The monoisotopic (exact) mass is 234 g/mol. The number of phenolic OH excluding ortho intramolecular Hbond substituents is 2. The lowest BCUT2D eigenvalue weighted by Gasteiger charge is -2.02. The van der Waals surface area contributed by atoms with E-state index in [0.717, 1.165) is 0 Å². The van der Waals surface area contributed by atoms with Crippen LogP contribution in [0.25, 0.3) is 0 Å². The van der Waals surface area contributed by atoms with Gasteiger partial charge in [0.1, 0.15) is 0 Å². The fourth-order valence-corrected chi connectivity index (χ4v) is 1.28. The molecule has 1 rings (SSSR count). The Labute approximate surface area is 86.7 Å². The van der Waals surface area contributed by atoms with Crippen LogP contribution in [0, 0.1) is 0 Å². The SMILES string of the molecule is O=S(=O)(O)OCCc1ccc(O)c(O)c1. The Kier molecular flexibility index (Phi) is 3.51. The molecule has 7 heteroatoms. The van der Waals surface area contributed by atoms with Crippen molar-refractivity contribution in [2.24, 2.45) is 0 Å². The van der Waals surface area contributed by atoms with E-state index in [1.165, 1.54) is 18.2 Å². The first-order valence-electron chi connectivity index (χ1n) is 4.01. The molecule has 1 aromatic carbocycles. The van der Waals surface area contributed by atoms with Crippen LogP contribution in [-0.4, -0.2) is 29.8 Å². The summed E-state index contributed by atoms with van der Waals surface area (Å²) in [6, 6.07) is 4.06. The second kappa shape index (κ2) is 4.47. The number of phenols is 2. The predicted octanol–water partition coefficient (Wildman–Crippen LogP) is 0.460. The lowest BCUT2D eigenvalue weighted by atomic mass is 10.1. The molecule has 0 radical (unpaired) electrons. The third-order valence-corrected chi connectivity index (χ3v) is 2.13. The van der Waals surface area contributed by atoms with Crippen molar-refractivity contribution in [1.29, 1.82) is 0 Å². The molecule has 15 heavy (non-hydrogen) atoms. The zero-order valence-electron chi connectivity index (χ0n) is 7.62. The van der Waals surface area contributed by atoms with E-state index in [1.807, 2.05) is 0 Å². The molecule has 0 amide bonds. The van der Waals surface area contributed by atoms with Crippen molar-refractivity contribution < 1.29 is 27.4 Å². The van der Waals surface area contributed by atoms with Gasteiger partial charge < -0.3 is 10.2 Å². The predicted molar refractivity (Wildman–Crippen MR) is 51.0 cm³/mol. The van der Waals surface area contributed by atoms with Gasteiger partial charge in [0.05, 0.1) is 6.61 Å². The molecule has 0 fully saturated rings. The Morgan fingerprint density at radius 2 is 1.87 bits per heavy atom. The molecule has 0 unspecified atom stereocenters. The summed E-state index contributed by atoms with van der Waals surface area (Å²) < 4.78 is 32.7. The molecule has 0 saturated heterocycles. The van der Waals surface area contributed by atoms with E-state index >= 15 is 0 Å². The summed E-state index contributed by atoms with van der Waals surface area (Å²) in [4.78, 5) is 0. The maximum atomic E-state index is 10.2. The van der Waals surface area contributed by atoms with E-state index < -0.39 is 10.4 Å². The molecule has 1 aromatic rings. The molecule has 0 spiro atoms. The van der Waals surface area contributed by atoms with Gasteiger partial charge in [-0.2, -0.15) is 8.42 Å². The van der Waals surface area contributed by atoms with Crippen LogP contribution in [0.3, 0.4) is 0 Å². The fraction of sp³-hybridized carbons (Fsp3) is 0.250. The topological polar surface area (TPSA) is 104 Å². The van der Waals surface area contributed by atoms with Gasteiger partial charge in [-0.05, 0) is 24.1 Å². The van der Waals surface area contributed by atoms with Crippen molar-refractivity contribution in [1.82, 2.24) is 0 Å². The average Bonchev–Trinajstić information content (AvgIpc) is 2.09. The first-order chi connectivity index (χ1) is 6.88. The highest BCUT2D eigenvalue weighted by atomic mass is 32.3. The van der Waals surface area contributed by atoms with Gasteiger partial charge in [-0.15, -0.1) is 0 Å². The Balaban J connectivity index is 2.55. The minimum atomic E-state index is -4.42. The molecule has 6 nitrogen and oxygen atoms in total. The van der Waals surface area contributed by atoms with Crippen molar-refractivity contribution in [3.63, 3.8) is 0 Å². The molecule has 0 saturated carbocycles. The highest BCUT2D eigenvalue weighted by molar-refractivity contribution is 7.80. The fourth-order valence-electron chi connectivity index (χ4n) is 0.989. The lowest BCUT2D eigenvalue weighted by molar-refractivity contribution is 0.271. The lowest BCUT2D eigenvalue weighted by Crippen LogP contribution is -2.06. The summed E-state index contributed by atoms with van der Waals surface area (Å²) in [7, 11) is -4.42. The smallest absolute Gasteiger partial charge is 0.397 e. The zero-order chi connectivity index (χ0) is 11.5. The molecule has 84 valence electrons. The Hall–Kier alpha value is -1.31. The van der Waals surface area contributed by atoms with Crippen LogP contribution in [0.5, 0.6) is 11.5 Å². The van der Waals surface area contributed by atoms with Crippen LogP contribution in [0.4, 0.5) is 0 Å². The Morgan fingerprint density at radius 3 is 2.40 bits per heavy atom. The summed E-state index contributed by atoms with van der Waals surface area (Å²) in [5.74, 6) is -0.547. The van der Waals surface area contributed by atoms with Crippen molar-refractivity contribution in [3.8, 4) is 11.5 Å². The molecular weight excluding hydrogens is 224 g/mol. The van der Waals surface area contributed by atoms with Gasteiger partial charge in [0.2, 0.25) is 0 Å². The zero-order valence-corrected chi connectivity index (χ0v) is 8.44. The highest BCUT2D eigenvalue weighted by Crippen LogP contribution is 2.24. The maximum absolute atomic E-state index is 10.2. The van der Waals surface area contributed by atoms with Gasteiger partial charge in [-0.3, -0.25) is 4.55 Å². The average molecular weight is 234 g/mol. The van der Waals surface area contributed by atoms with Crippen molar-refractivity contribution in [3.05, 3.63) is 23.8 Å². The second-order valence-electron chi connectivity index (χ2n) is 2.82. The number of hydrogen-bond acceptors (Lipinski definition) is 5. The van der Waals surface area contributed by atoms with E-state index in [0.29, 0.717) is 5.56 Å². The largest absolute Gasteiger partial charge is 0.504 e. The van der Waals surface area contributed by atoms with Crippen LogP contribution in [0.2, 0.25) is 0 Å². The molecule has 3 N–H and O–H groups in total. The first-order valence-corrected chi connectivity index (χ1v) is 5.38. The quantitative estimate of drug-likeness (QED) is 0.516. The summed E-state index contributed by atoms with van der Waals surface area (Å²) in [5, 5.41) is 18.1. The highest BCUT2D eigenvalue weighted by Gasteiger charge is 2.05. The van der Waals surface area contributed by atoms with Gasteiger partial charge in [-0.1, -0.05) is 6.07 Å². The number of aromatic hydroxyl groups is 2. The number of hydrogen-bond donors (Lipinski definition) is 3. The van der Waals surface area contributed by atoms with Crippen LogP contribution in [0.1, 0.15) is 5.56 Å². The maximum Gasteiger partial charge on any atom is 0.397 e. The van der Waals surface area contributed by atoms with Gasteiger partial charge in [0.25, 0.3) is 0 Å². The van der Waals surface area contributed by atoms with E-state index in [2.05, 4.69) is 4.18 Å². The second-order valence-corrected chi connectivity index (χ2v) is 3.91. The Bertz CT molecular complexity index is 438. The van der Waals surface area contributed by atoms with Crippen molar-refractivity contribution in [2.45, 2.75) is 6.42 Å². The van der Waals surface area contributed by atoms with E-state index in [1.54, 1.807) is 0 Å². The van der Waals surface area contributed by atoms with E-state index in [9.17, 15) is 8.42 Å². The summed E-state index contributed by atoms with van der Waals surface area (Å²) in [5.41, 5.74) is 0.578. The molecule has 0 bridgehead atoms. The third-order valence-electron chi connectivity index (χ3n) is 1.66. The van der Waals surface area contributed by atoms with Gasteiger partial charge >= 0.3 is 10.4 Å². The molecule has 0 aromatic heterocycles. The van der Waals surface area contributed by atoms with Gasteiger partial charge in [0.15, 0.2) is 11.5 Å². The van der Waals surface area contributed by atoms with Gasteiger partial charge in [0, 0.05) is 0 Å². The number of rotatable bonds is 4. The molecule has 0 aliphatic heterocycles. The van der Waals surface area contributed by atoms with Crippen LogP contribution >= 0.6 is 0 Å². The molecule has 0 aliphatic rings.